The summed E-state index contributed by atoms with van der Waals surface area (Å²) < 4.78 is 26.5. The van der Waals surface area contributed by atoms with Crippen molar-refractivity contribution in [2.75, 3.05) is 25.9 Å². The smallest absolute Gasteiger partial charge is 0.253 e. The lowest BCUT2D eigenvalue weighted by molar-refractivity contribution is 0.0950. The lowest BCUT2D eigenvalue weighted by Gasteiger charge is -2.45. The van der Waals surface area contributed by atoms with Gasteiger partial charge in [-0.15, -0.1) is 0 Å². The van der Waals surface area contributed by atoms with Crippen molar-refractivity contribution in [2.24, 2.45) is 7.05 Å². The molecule has 1 aromatic heterocycles. The van der Waals surface area contributed by atoms with E-state index in [4.69, 9.17) is 0 Å². The van der Waals surface area contributed by atoms with Gasteiger partial charge in [-0.1, -0.05) is 50.6 Å². The molecule has 9 heteroatoms. The molecule has 0 radical (unpaired) electrons. The standard InChI is InChI=1S/C16H17N3O.C10H20N2O2S.C2H6.H2/c1-19-11-10-17-9-5-8-15(13-19)16(20)18-12-14-6-3-2-4-7-14;1-15(13,14)12-8-4-6-10(9-12)5-2-3-7-11-10;1-2;/h2-11,13H,12H2,1H3,(H,18,20);11H,2-9H2,1H3;1-2H3;1H. The highest BCUT2D eigenvalue weighted by Gasteiger charge is 2.38. The van der Waals surface area contributed by atoms with Crippen LogP contribution in [-0.2, 0) is 23.6 Å². The molecule has 2 saturated heterocycles. The molecule has 0 saturated carbocycles. The SMILES string of the molecule is CC.CS(=O)(=O)N1CCCC2(CCCCN2)C1.Cn1ccncccc(C(=O)NCc2ccccc2)c1.[HH]. The molecule has 2 fully saturated rings. The fraction of sp³-hybridized carbons (Fsp3) is 0.500. The zero-order valence-corrected chi connectivity index (χ0v) is 23.5. The second kappa shape index (κ2) is 15.5. The molecule has 0 bridgehead atoms. The molecule has 2 aliphatic heterocycles. The van der Waals surface area contributed by atoms with Crippen LogP contribution in [-0.4, -0.2) is 59.6 Å². The molecule has 1 atom stereocenters. The molecule has 0 aliphatic carbocycles. The second-order valence-corrected chi connectivity index (χ2v) is 11.2. The van der Waals surface area contributed by atoms with Crippen molar-refractivity contribution >= 4 is 15.9 Å². The first-order valence-electron chi connectivity index (χ1n) is 13.1. The molecule has 1 spiro atoms. The number of hydrogen-bond donors (Lipinski definition) is 2. The first kappa shape index (κ1) is 30.5. The van der Waals surface area contributed by atoms with Gasteiger partial charge in [0.05, 0.1) is 11.8 Å². The van der Waals surface area contributed by atoms with E-state index in [-0.39, 0.29) is 12.9 Å². The van der Waals surface area contributed by atoms with E-state index >= 15 is 0 Å². The van der Waals surface area contributed by atoms with E-state index < -0.39 is 10.0 Å². The zero-order chi connectivity index (χ0) is 27.2. The normalized spacial score (nSPS) is 19.4. The summed E-state index contributed by atoms with van der Waals surface area (Å²) in [6.45, 7) is 6.92. The Kier molecular flexibility index (Phi) is 12.8. The third kappa shape index (κ3) is 10.6. The number of benzene rings is 1. The fourth-order valence-corrected chi connectivity index (χ4v) is 5.40. The van der Waals surface area contributed by atoms with E-state index in [1.165, 1.54) is 19.1 Å². The van der Waals surface area contributed by atoms with Crippen molar-refractivity contribution in [1.29, 1.82) is 0 Å². The summed E-state index contributed by atoms with van der Waals surface area (Å²) in [7, 11) is -1.15. The Morgan fingerprint density at radius 1 is 1.08 bits per heavy atom. The van der Waals surface area contributed by atoms with Gasteiger partial charge in [0.1, 0.15) is 0 Å². The van der Waals surface area contributed by atoms with E-state index in [0.717, 1.165) is 31.4 Å². The van der Waals surface area contributed by atoms with Gasteiger partial charge in [-0.25, -0.2) is 12.7 Å². The maximum atomic E-state index is 12.2. The van der Waals surface area contributed by atoms with Gasteiger partial charge in [-0.2, -0.15) is 0 Å². The van der Waals surface area contributed by atoms with Crippen molar-refractivity contribution < 1.29 is 14.6 Å². The average molecular weight is 532 g/mol. The minimum atomic E-state index is -3.01. The Morgan fingerprint density at radius 2 is 1.81 bits per heavy atom. The van der Waals surface area contributed by atoms with Gasteiger partial charge < -0.3 is 15.2 Å². The quantitative estimate of drug-likeness (QED) is 0.613. The summed E-state index contributed by atoms with van der Waals surface area (Å²) >= 11 is 0. The van der Waals surface area contributed by atoms with E-state index in [9.17, 15) is 13.2 Å². The minimum absolute atomic E-state index is 0. The number of nitrogens with one attached hydrogen (secondary N) is 2. The summed E-state index contributed by atoms with van der Waals surface area (Å²) in [5.41, 5.74) is 1.74. The highest BCUT2D eigenvalue weighted by molar-refractivity contribution is 7.88. The summed E-state index contributed by atoms with van der Waals surface area (Å²) in [5, 5.41) is 6.43. The Labute approximate surface area is 224 Å². The van der Waals surface area contributed by atoms with Crippen LogP contribution in [0.1, 0.15) is 63.3 Å². The summed E-state index contributed by atoms with van der Waals surface area (Å²) in [5.74, 6) is -0.111. The molecule has 8 nitrogen and oxygen atoms in total. The van der Waals surface area contributed by atoms with Crippen molar-refractivity contribution in [2.45, 2.75) is 58.0 Å². The highest BCUT2D eigenvalue weighted by atomic mass is 32.2. The van der Waals surface area contributed by atoms with Gasteiger partial charge in [0.25, 0.3) is 5.91 Å². The Bertz CT molecular complexity index is 1110. The van der Waals surface area contributed by atoms with Crippen LogP contribution in [0.15, 0.2) is 67.3 Å². The van der Waals surface area contributed by atoms with E-state index in [0.29, 0.717) is 25.2 Å². The van der Waals surface area contributed by atoms with E-state index in [1.54, 1.807) is 45.8 Å². The molecule has 4 rings (SSSR count). The first-order chi connectivity index (χ1) is 17.8. The van der Waals surface area contributed by atoms with E-state index in [1.807, 2.05) is 51.2 Å². The predicted molar refractivity (Wildman–Crippen MR) is 152 cm³/mol. The van der Waals surface area contributed by atoms with Crippen molar-refractivity contribution in [3.05, 3.63) is 78.4 Å². The summed E-state index contributed by atoms with van der Waals surface area (Å²) in [6, 6.07) is 13.3. The van der Waals surface area contributed by atoms with Crippen LogP contribution in [0, 0.1) is 0 Å². The summed E-state index contributed by atoms with van der Waals surface area (Å²) in [4.78, 5) is 16.2. The van der Waals surface area contributed by atoms with Gasteiger partial charge in [0, 0.05) is 58.4 Å². The third-order valence-electron chi connectivity index (χ3n) is 6.33. The number of amides is 1. The number of aromatic nitrogens is 2. The molecule has 37 heavy (non-hydrogen) atoms. The second-order valence-electron chi connectivity index (χ2n) is 9.24. The van der Waals surface area contributed by atoms with E-state index in [2.05, 4.69) is 15.6 Å². The van der Waals surface area contributed by atoms with Gasteiger partial charge in [-0.05, 0) is 49.9 Å². The number of sulfonamides is 1. The number of carbonyl (C=O) groups is 1. The number of piperidine rings is 2. The van der Waals surface area contributed by atoms with Crippen LogP contribution in [0.4, 0.5) is 0 Å². The molecular weight excluding hydrogens is 486 g/mol. The average Bonchev–Trinajstić information content (AvgIpc) is 3.01. The Balaban J connectivity index is 0.000000359. The van der Waals surface area contributed by atoms with Crippen molar-refractivity contribution in [3.8, 4) is 0 Å². The number of rotatable bonds is 4. The molecule has 3 heterocycles. The number of carbonyl (C=O) groups excluding carboxylic acids is 1. The van der Waals surface area contributed by atoms with Crippen LogP contribution in [0.3, 0.4) is 0 Å². The molecule has 1 aromatic carbocycles. The van der Waals surface area contributed by atoms with Crippen LogP contribution in [0.2, 0.25) is 0 Å². The van der Waals surface area contributed by atoms with Crippen LogP contribution < -0.4 is 10.6 Å². The molecular formula is C28H45N5O3S. The zero-order valence-electron chi connectivity index (χ0n) is 22.7. The topological polar surface area (TPSA) is 96.3 Å². The van der Waals surface area contributed by atoms with Crippen molar-refractivity contribution in [3.63, 3.8) is 0 Å². The largest absolute Gasteiger partial charge is 0.355 e. The Hall–Kier alpha value is -2.75. The van der Waals surface area contributed by atoms with Crippen LogP contribution >= 0.6 is 0 Å². The number of aryl methyl sites for hydroxylation is 1. The van der Waals surface area contributed by atoms with Gasteiger partial charge >= 0.3 is 0 Å². The van der Waals surface area contributed by atoms with Crippen LogP contribution in [0.5, 0.6) is 0 Å². The maximum absolute atomic E-state index is 12.2. The van der Waals surface area contributed by atoms with Gasteiger partial charge in [0.15, 0.2) is 0 Å². The molecule has 206 valence electrons. The molecule has 1 unspecified atom stereocenters. The predicted octanol–water partition coefficient (Wildman–Crippen LogP) is 4.30. The molecule has 2 aromatic rings. The number of hydrogen-bond acceptors (Lipinski definition) is 5. The van der Waals surface area contributed by atoms with Crippen LogP contribution in [0.25, 0.3) is 0 Å². The maximum Gasteiger partial charge on any atom is 0.253 e. The van der Waals surface area contributed by atoms with Gasteiger partial charge in [-0.3, -0.25) is 9.78 Å². The Morgan fingerprint density at radius 3 is 2.49 bits per heavy atom. The van der Waals surface area contributed by atoms with Gasteiger partial charge in [0.2, 0.25) is 10.0 Å². The van der Waals surface area contributed by atoms with Crippen molar-refractivity contribution in [1.82, 2.24) is 24.5 Å². The third-order valence-corrected chi connectivity index (χ3v) is 7.58. The fourth-order valence-electron chi connectivity index (χ4n) is 4.46. The molecule has 1 amide bonds. The number of nitrogens with zero attached hydrogens (tertiary/aromatic N) is 3. The lowest BCUT2D eigenvalue weighted by Crippen LogP contribution is -2.59. The molecule has 2 aliphatic rings. The molecule has 2 N–H and O–H groups in total. The highest BCUT2D eigenvalue weighted by Crippen LogP contribution is 2.30. The first-order valence-corrected chi connectivity index (χ1v) is 14.9. The minimum Gasteiger partial charge on any atom is -0.355 e. The lowest BCUT2D eigenvalue weighted by atomic mass is 9.82. The monoisotopic (exact) mass is 531 g/mol. The summed E-state index contributed by atoms with van der Waals surface area (Å²) in [6.07, 6.45) is 13.9.